The molecule has 0 aromatic rings. The molecular weight excluding hydrogens is 240 g/mol. The quantitative estimate of drug-likeness (QED) is 0.746. The molecular formula is C12H17BrO. The molecule has 2 heteroatoms. The molecule has 0 fully saturated rings. The van der Waals surface area contributed by atoms with Gasteiger partial charge >= 0.3 is 0 Å². The van der Waals surface area contributed by atoms with Crippen molar-refractivity contribution >= 4 is 15.9 Å². The molecule has 0 aliphatic heterocycles. The number of halogens is 1. The number of hydrogen-bond acceptors (Lipinski definition) is 1. The van der Waals surface area contributed by atoms with E-state index < -0.39 is 0 Å². The van der Waals surface area contributed by atoms with Gasteiger partial charge in [-0.05, 0) is 30.4 Å². The van der Waals surface area contributed by atoms with Crippen molar-refractivity contribution in [2.45, 2.75) is 26.4 Å². The molecule has 0 N–H and O–H groups in total. The highest BCUT2D eigenvalue weighted by Gasteiger charge is 2.32. The predicted octanol–water partition coefficient (Wildman–Crippen LogP) is 3.82. The van der Waals surface area contributed by atoms with E-state index in [2.05, 4.69) is 36.0 Å². The van der Waals surface area contributed by atoms with Gasteiger partial charge in [0.1, 0.15) is 0 Å². The van der Waals surface area contributed by atoms with E-state index in [0.717, 1.165) is 16.5 Å². The lowest BCUT2D eigenvalue weighted by atomic mass is 10.0. The van der Waals surface area contributed by atoms with Gasteiger partial charge in [-0.3, -0.25) is 0 Å². The lowest BCUT2D eigenvalue weighted by Gasteiger charge is -2.17. The number of allylic oxidation sites excluding steroid dienone is 2. The highest BCUT2D eigenvalue weighted by molar-refractivity contribution is 9.11. The Morgan fingerprint density at radius 2 is 2.07 bits per heavy atom. The minimum Gasteiger partial charge on any atom is -0.376 e. The minimum atomic E-state index is 0.161. The van der Waals surface area contributed by atoms with Gasteiger partial charge in [0.25, 0.3) is 0 Å². The SMILES string of the molecule is C=C(C)C1=C(C(=C)Br)C(OC)C(C)C1. The average molecular weight is 257 g/mol. The first-order valence-corrected chi connectivity index (χ1v) is 5.54. The number of methoxy groups -OCH3 is 1. The zero-order valence-corrected chi connectivity index (χ0v) is 10.6. The van der Waals surface area contributed by atoms with E-state index in [-0.39, 0.29) is 6.10 Å². The molecule has 78 valence electrons. The summed E-state index contributed by atoms with van der Waals surface area (Å²) in [5.74, 6) is 0.510. The summed E-state index contributed by atoms with van der Waals surface area (Å²) in [5.41, 5.74) is 3.60. The maximum Gasteiger partial charge on any atom is 0.0863 e. The third kappa shape index (κ3) is 2.01. The zero-order chi connectivity index (χ0) is 10.9. The van der Waals surface area contributed by atoms with Crippen molar-refractivity contribution in [1.82, 2.24) is 0 Å². The highest BCUT2D eigenvalue weighted by atomic mass is 79.9. The van der Waals surface area contributed by atoms with Crippen LogP contribution in [-0.4, -0.2) is 13.2 Å². The highest BCUT2D eigenvalue weighted by Crippen LogP contribution is 2.41. The van der Waals surface area contributed by atoms with Crippen LogP contribution in [0.1, 0.15) is 20.3 Å². The van der Waals surface area contributed by atoms with Crippen LogP contribution in [0.4, 0.5) is 0 Å². The van der Waals surface area contributed by atoms with Gasteiger partial charge in [-0.25, -0.2) is 0 Å². The molecule has 0 heterocycles. The first kappa shape index (κ1) is 11.7. The van der Waals surface area contributed by atoms with Gasteiger partial charge in [-0.1, -0.05) is 41.6 Å². The molecule has 2 unspecified atom stereocenters. The number of ether oxygens (including phenoxy) is 1. The van der Waals surface area contributed by atoms with E-state index in [9.17, 15) is 0 Å². The molecule has 0 aromatic heterocycles. The Morgan fingerprint density at radius 1 is 1.50 bits per heavy atom. The van der Waals surface area contributed by atoms with E-state index in [1.807, 2.05) is 6.92 Å². The van der Waals surface area contributed by atoms with Crippen LogP contribution in [-0.2, 0) is 4.74 Å². The monoisotopic (exact) mass is 256 g/mol. The van der Waals surface area contributed by atoms with E-state index >= 15 is 0 Å². The Kier molecular flexibility index (Phi) is 3.73. The maximum atomic E-state index is 5.49. The van der Waals surface area contributed by atoms with Crippen molar-refractivity contribution in [3.63, 3.8) is 0 Å². The summed E-state index contributed by atoms with van der Waals surface area (Å²) in [4.78, 5) is 0. The summed E-state index contributed by atoms with van der Waals surface area (Å²) in [6.45, 7) is 12.2. The topological polar surface area (TPSA) is 9.23 Å². The van der Waals surface area contributed by atoms with Gasteiger partial charge in [0.2, 0.25) is 0 Å². The molecule has 0 spiro atoms. The third-order valence-electron chi connectivity index (χ3n) is 2.71. The fourth-order valence-electron chi connectivity index (χ4n) is 2.07. The van der Waals surface area contributed by atoms with E-state index in [1.165, 1.54) is 11.1 Å². The first-order valence-electron chi connectivity index (χ1n) is 4.75. The lowest BCUT2D eigenvalue weighted by Crippen LogP contribution is -2.17. The molecule has 1 aliphatic carbocycles. The minimum absolute atomic E-state index is 0.161. The van der Waals surface area contributed by atoms with Gasteiger partial charge in [0.05, 0.1) is 6.10 Å². The lowest BCUT2D eigenvalue weighted by molar-refractivity contribution is 0.0999. The van der Waals surface area contributed by atoms with Crippen LogP contribution in [0.15, 0.2) is 34.4 Å². The van der Waals surface area contributed by atoms with Crippen molar-refractivity contribution in [1.29, 1.82) is 0 Å². The average Bonchev–Trinajstić information content (AvgIpc) is 2.42. The van der Waals surface area contributed by atoms with Crippen LogP contribution in [0.5, 0.6) is 0 Å². The van der Waals surface area contributed by atoms with Gasteiger partial charge in [-0.15, -0.1) is 0 Å². The summed E-state index contributed by atoms with van der Waals surface area (Å²) in [7, 11) is 1.75. The third-order valence-corrected chi connectivity index (χ3v) is 3.14. The molecule has 1 aliphatic rings. The number of hydrogen-bond donors (Lipinski definition) is 0. The largest absolute Gasteiger partial charge is 0.376 e. The molecule has 1 nitrogen and oxygen atoms in total. The second-order valence-electron chi connectivity index (χ2n) is 3.92. The van der Waals surface area contributed by atoms with Crippen LogP contribution >= 0.6 is 15.9 Å². The summed E-state index contributed by atoms with van der Waals surface area (Å²) >= 11 is 3.45. The Hall–Kier alpha value is -0.340. The summed E-state index contributed by atoms with van der Waals surface area (Å²) in [6.07, 6.45) is 1.20. The van der Waals surface area contributed by atoms with Crippen LogP contribution in [0, 0.1) is 5.92 Å². The van der Waals surface area contributed by atoms with Crippen molar-refractivity contribution in [2.24, 2.45) is 5.92 Å². The Morgan fingerprint density at radius 3 is 2.43 bits per heavy atom. The predicted molar refractivity (Wildman–Crippen MR) is 64.5 cm³/mol. The standard InChI is InChI=1S/C12H17BrO/c1-7(2)10-6-8(3)12(14-5)11(10)9(4)13/h8,12H,1,4,6H2,2-3,5H3. The molecule has 0 saturated heterocycles. The summed E-state index contributed by atoms with van der Waals surface area (Å²) in [6, 6.07) is 0. The zero-order valence-electron chi connectivity index (χ0n) is 9.06. The van der Waals surface area contributed by atoms with Crippen molar-refractivity contribution < 1.29 is 4.74 Å². The van der Waals surface area contributed by atoms with Gasteiger partial charge in [0, 0.05) is 11.6 Å². The molecule has 0 amide bonds. The molecule has 2 atom stereocenters. The van der Waals surface area contributed by atoms with Crippen molar-refractivity contribution in [2.75, 3.05) is 7.11 Å². The number of rotatable bonds is 3. The molecule has 1 rings (SSSR count). The molecule has 0 bridgehead atoms. The van der Waals surface area contributed by atoms with Gasteiger partial charge < -0.3 is 4.74 Å². The van der Waals surface area contributed by atoms with E-state index in [4.69, 9.17) is 4.74 Å². The Bertz CT molecular complexity index is 301. The first-order chi connectivity index (χ1) is 6.49. The maximum absolute atomic E-state index is 5.49. The Labute approximate surface area is 94.7 Å². The fourth-order valence-corrected chi connectivity index (χ4v) is 2.53. The molecule has 0 aromatic carbocycles. The van der Waals surface area contributed by atoms with Crippen LogP contribution in [0.2, 0.25) is 0 Å². The second-order valence-corrected chi connectivity index (χ2v) is 4.87. The van der Waals surface area contributed by atoms with Crippen LogP contribution in [0.3, 0.4) is 0 Å². The fraction of sp³-hybridized carbons (Fsp3) is 0.500. The second kappa shape index (κ2) is 4.45. The van der Waals surface area contributed by atoms with Crippen LogP contribution < -0.4 is 0 Å². The van der Waals surface area contributed by atoms with Crippen molar-refractivity contribution in [3.8, 4) is 0 Å². The van der Waals surface area contributed by atoms with Gasteiger partial charge in [-0.2, -0.15) is 0 Å². The smallest absolute Gasteiger partial charge is 0.0863 e. The summed E-state index contributed by atoms with van der Waals surface area (Å²) in [5, 5.41) is 0. The van der Waals surface area contributed by atoms with E-state index in [0.29, 0.717) is 5.92 Å². The van der Waals surface area contributed by atoms with E-state index in [1.54, 1.807) is 7.11 Å². The Balaban J connectivity index is 3.12. The molecule has 14 heavy (non-hydrogen) atoms. The summed E-state index contributed by atoms with van der Waals surface area (Å²) < 4.78 is 6.41. The van der Waals surface area contributed by atoms with Crippen molar-refractivity contribution in [3.05, 3.63) is 34.4 Å². The normalized spacial score (nSPS) is 26.9. The van der Waals surface area contributed by atoms with Gasteiger partial charge in [0.15, 0.2) is 0 Å². The van der Waals surface area contributed by atoms with Crippen LogP contribution in [0.25, 0.3) is 0 Å². The molecule has 0 saturated carbocycles. The molecule has 0 radical (unpaired) electrons.